The zero-order valence-corrected chi connectivity index (χ0v) is 11.6. The molecular weight excluding hydrogens is 212 g/mol. The Kier molecular flexibility index (Phi) is 4.11. The lowest BCUT2D eigenvalue weighted by Gasteiger charge is -2.43. The molecule has 0 saturated heterocycles. The van der Waals surface area contributed by atoms with Crippen molar-refractivity contribution in [2.24, 2.45) is 5.92 Å². The topological polar surface area (TPSA) is 35.5 Å². The van der Waals surface area contributed by atoms with Crippen LogP contribution in [0.5, 0.6) is 0 Å². The largest absolute Gasteiger partial charge is 0.394 e. The van der Waals surface area contributed by atoms with Crippen molar-refractivity contribution in [3.8, 4) is 0 Å². The summed E-state index contributed by atoms with van der Waals surface area (Å²) in [5, 5.41) is 13.5. The van der Waals surface area contributed by atoms with Crippen LogP contribution < -0.4 is 5.32 Å². The zero-order valence-electron chi connectivity index (χ0n) is 11.6. The van der Waals surface area contributed by atoms with Crippen molar-refractivity contribution in [3.05, 3.63) is 0 Å². The quantitative estimate of drug-likeness (QED) is 0.710. The molecule has 2 saturated carbocycles. The molecule has 0 radical (unpaired) electrons. The van der Waals surface area contributed by atoms with Crippen molar-refractivity contribution in [2.45, 2.75) is 63.6 Å². The van der Waals surface area contributed by atoms with E-state index in [0.717, 1.165) is 12.6 Å². The van der Waals surface area contributed by atoms with E-state index in [1.54, 1.807) is 0 Å². The number of hydrogen-bond donors (Lipinski definition) is 2. The lowest BCUT2D eigenvalue weighted by molar-refractivity contribution is 0.0580. The van der Waals surface area contributed by atoms with Gasteiger partial charge >= 0.3 is 0 Å². The van der Waals surface area contributed by atoms with Gasteiger partial charge in [0.05, 0.1) is 12.1 Å². The van der Waals surface area contributed by atoms with Gasteiger partial charge in [-0.25, -0.2) is 0 Å². The predicted molar refractivity (Wildman–Crippen MR) is 71.1 cm³/mol. The monoisotopic (exact) mass is 240 g/mol. The van der Waals surface area contributed by atoms with Crippen molar-refractivity contribution >= 4 is 0 Å². The molecule has 0 aromatic heterocycles. The maximum atomic E-state index is 9.87. The number of hydrogen-bond acceptors (Lipinski definition) is 3. The SMILES string of the molecule is CC(C)NC(CO)(CN(C)C1CCC1)C1CC1. The Morgan fingerprint density at radius 3 is 2.29 bits per heavy atom. The summed E-state index contributed by atoms with van der Waals surface area (Å²) in [6.07, 6.45) is 6.61. The number of aliphatic hydroxyl groups excluding tert-OH is 1. The molecule has 0 heterocycles. The lowest BCUT2D eigenvalue weighted by Crippen LogP contribution is -2.61. The van der Waals surface area contributed by atoms with Crippen LogP contribution in [0.2, 0.25) is 0 Å². The Morgan fingerprint density at radius 1 is 1.29 bits per heavy atom. The Labute approximate surface area is 106 Å². The average Bonchev–Trinajstić information content (AvgIpc) is 2.95. The molecule has 0 aromatic carbocycles. The molecule has 100 valence electrons. The minimum Gasteiger partial charge on any atom is -0.394 e. The van der Waals surface area contributed by atoms with Gasteiger partial charge in [0.15, 0.2) is 0 Å². The molecule has 2 aliphatic carbocycles. The molecule has 2 N–H and O–H groups in total. The van der Waals surface area contributed by atoms with Crippen LogP contribution in [0.25, 0.3) is 0 Å². The van der Waals surface area contributed by atoms with Gasteiger partial charge < -0.3 is 15.3 Å². The third-order valence-corrected chi connectivity index (χ3v) is 4.45. The fraction of sp³-hybridized carbons (Fsp3) is 1.00. The van der Waals surface area contributed by atoms with E-state index < -0.39 is 0 Å². The van der Waals surface area contributed by atoms with Crippen LogP contribution in [0.15, 0.2) is 0 Å². The number of likely N-dealkylation sites (N-methyl/N-ethyl adjacent to an activating group) is 1. The molecule has 2 rings (SSSR count). The smallest absolute Gasteiger partial charge is 0.0628 e. The standard InChI is InChI=1S/C14H28N2O/c1-11(2)15-14(10-17,12-7-8-12)9-16(3)13-5-4-6-13/h11-13,15,17H,4-10H2,1-3H3. The van der Waals surface area contributed by atoms with Crippen LogP contribution in [0.1, 0.15) is 46.0 Å². The third-order valence-electron chi connectivity index (χ3n) is 4.45. The van der Waals surface area contributed by atoms with E-state index in [1.165, 1.54) is 32.1 Å². The van der Waals surface area contributed by atoms with Gasteiger partial charge in [-0.3, -0.25) is 0 Å². The van der Waals surface area contributed by atoms with Crippen LogP contribution >= 0.6 is 0 Å². The first-order chi connectivity index (χ1) is 8.07. The number of rotatable bonds is 7. The Hall–Kier alpha value is -0.120. The van der Waals surface area contributed by atoms with Crippen molar-refractivity contribution in [2.75, 3.05) is 20.2 Å². The molecule has 0 spiro atoms. The first-order valence-corrected chi connectivity index (χ1v) is 7.16. The summed E-state index contributed by atoms with van der Waals surface area (Å²) >= 11 is 0. The zero-order chi connectivity index (χ0) is 12.5. The van der Waals surface area contributed by atoms with Crippen LogP contribution in [0.4, 0.5) is 0 Å². The van der Waals surface area contributed by atoms with Crippen molar-refractivity contribution in [1.29, 1.82) is 0 Å². The van der Waals surface area contributed by atoms with E-state index >= 15 is 0 Å². The molecule has 0 aliphatic heterocycles. The molecule has 0 amide bonds. The molecule has 0 aromatic rings. The summed E-state index contributed by atoms with van der Waals surface area (Å²) in [6.45, 7) is 5.62. The van der Waals surface area contributed by atoms with Crippen molar-refractivity contribution < 1.29 is 5.11 Å². The predicted octanol–water partition coefficient (Wildman–Crippen LogP) is 1.61. The van der Waals surface area contributed by atoms with Gasteiger partial charge in [-0.2, -0.15) is 0 Å². The molecule has 0 bridgehead atoms. The van der Waals surface area contributed by atoms with Gasteiger partial charge in [-0.15, -0.1) is 0 Å². The molecule has 1 unspecified atom stereocenters. The van der Waals surface area contributed by atoms with E-state index in [2.05, 4.69) is 31.1 Å². The van der Waals surface area contributed by atoms with E-state index in [9.17, 15) is 5.11 Å². The number of nitrogens with one attached hydrogen (secondary N) is 1. The second-order valence-corrected chi connectivity index (χ2v) is 6.39. The summed E-state index contributed by atoms with van der Waals surface area (Å²) in [4.78, 5) is 2.47. The van der Waals surface area contributed by atoms with Crippen LogP contribution in [0.3, 0.4) is 0 Å². The fourth-order valence-corrected chi connectivity index (χ4v) is 3.13. The Morgan fingerprint density at radius 2 is 1.94 bits per heavy atom. The number of aliphatic hydroxyl groups is 1. The second-order valence-electron chi connectivity index (χ2n) is 6.39. The summed E-state index contributed by atoms with van der Waals surface area (Å²) in [5.74, 6) is 0.678. The lowest BCUT2D eigenvalue weighted by atomic mass is 9.87. The maximum Gasteiger partial charge on any atom is 0.0628 e. The molecule has 17 heavy (non-hydrogen) atoms. The first kappa shape index (κ1) is 13.3. The average molecular weight is 240 g/mol. The van der Waals surface area contributed by atoms with Crippen molar-refractivity contribution in [1.82, 2.24) is 10.2 Å². The summed E-state index contributed by atoms with van der Waals surface area (Å²) in [5.41, 5.74) is -0.0570. The summed E-state index contributed by atoms with van der Waals surface area (Å²) in [6, 6.07) is 1.20. The Balaban J connectivity index is 1.97. The van der Waals surface area contributed by atoms with Gasteiger partial charge in [0.25, 0.3) is 0 Å². The first-order valence-electron chi connectivity index (χ1n) is 7.16. The number of nitrogens with zero attached hydrogens (tertiary/aromatic N) is 1. The third kappa shape index (κ3) is 3.01. The molecule has 3 heteroatoms. The van der Waals surface area contributed by atoms with Gasteiger partial charge in [0.2, 0.25) is 0 Å². The molecule has 1 atom stereocenters. The van der Waals surface area contributed by atoms with Crippen LogP contribution in [-0.4, -0.2) is 47.8 Å². The molecule has 2 fully saturated rings. The molecule has 2 aliphatic rings. The highest BCUT2D eigenvalue weighted by molar-refractivity contribution is 5.04. The summed E-state index contributed by atoms with van der Waals surface area (Å²) in [7, 11) is 2.22. The minimum absolute atomic E-state index is 0.0570. The van der Waals surface area contributed by atoms with Gasteiger partial charge in [-0.05, 0) is 38.6 Å². The normalized spacial score (nSPS) is 25.1. The minimum atomic E-state index is -0.0570. The highest BCUT2D eigenvalue weighted by Crippen LogP contribution is 2.41. The van der Waals surface area contributed by atoms with E-state index in [0.29, 0.717) is 12.0 Å². The van der Waals surface area contributed by atoms with Gasteiger partial charge in [0, 0.05) is 18.6 Å². The van der Waals surface area contributed by atoms with E-state index in [1.807, 2.05) is 0 Å². The highest BCUT2D eigenvalue weighted by Gasteiger charge is 2.46. The van der Waals surface area contributed by atoms with Crippen LogP contribution in [-0.2, 0) is 0 Å². The van der Waals surface area contributed by atoms with E-state index in [-0.39, 0.29) is 12.1 Å². The van der Waals surface area contributed by atoms with Gasteiger partial charge in [-0.1, -0.05) is 20.3 Å². The molecular formula is C14H28N2O. The van der Waals surface area contributed by atoms with Crippen molar-refractivity contribution in [3.63, 3.8) is 0 Å². The fourth-order valence-electron chi connectivity index (χ4n) is 3.13. The highest BCUT2D eigenvalue weighted by atomic mass is 16.3. The summed E-state index contributed by atoms with van der Waals surface area (Å²) < 4.78 is 0. The second kappa shape index (κ2) is 5.25. The Bertz CT molecular complexity index is 249. The van der Waals surface area contributed by atoms with Gasteiger partial charge in [0.1, 0.15) is 0 Å². The maximum absolute atomic E-state index is 9.87. The van der Waals surface area contributed by atoms with E-state index in [4.69, 9.17) is 0 Å². The molecule has 3 nitrogen and oxygen atoms in total. The van der Waals surface area contributed by atoms with Crippen LogP contribution in [0, 0.1) is 5.92 Å².